The molecule has 2 aromatic carbocycles. The van der Waals surface area contributed by atoms with Crippen LogP contribution >= 0.6 is 27.3 Å². The van der Waals surface area contributed by atoms with Gasteiger partial charge in [-0.25, -0.2) is 9.59 Å². The Balaban J connectivity index is 1.73. The number of aromatic nitrogens is 2. The number of anilines is 1. The molecule has 2 amide bonds. The van der Waals surface area contributed by atoms with E-state index in [2.05, 4.69) is 26.3 Å². The van der Waals surface area contributed by atoms with E-state index in [1.54, 1.807) is 55.6 Å². The van der Waals surface area contributed by atoms with Crippen molar-refractivity contribution in [3.63, 3.8) is 0 Å². The molecule has 0 fully saturated rings. The van der Waals surface area contributed by atoms with Crippen LogP contribution in [0.2, 0.25) is 0 Å². The largest absolute Gasteiger partial charge is 0.463 e. The summed E-state index contributed by atoms with van der Waals surface area (Å²) in [4.78, 5) is 38.0. The van der Waals surface area contributed by atoms with Gasteiger partial charge in [0.15, 0.2) is 11.5 Å². The van der Waals surface area contributed by atoms with Crippen molar-refractivity contribution in [2.75, 3.05) is 12.4 Å². The minimum atomic E-state index is -1.34. The summed E-state index contributed by atoms with van der Waals surface area (Å²) >= 11 is 4.25. The standard InChI is InChI=1S/C21H16BrN5O4S/c1-27(23,14-5-3-2-4-6-14)20(29)16-11-15-17(25-26(21(30)31)19(15)32-16)24-18(28)12-7-9-13(22)10-8-12/h2-11H,23H2,1H3,(H-,24,25,28,30,31)/p+1. The van der Waals surface area contributed by atoms with Crippen LogP contribution in [-0.4, -0.2) is 39.8 Å². The maximum absolute atomic E-state index is 13.2. The minimum absolute atomic E-state index is 0.0385. The second-order valence-corrected chi connectivity index (χ2v) is 9.00. The molecule has 0 saturated heterocycles. The van der Waals surface area contributed by atoms with Crippen molar-refractivity contribution >= 4 is 66.9 Å². The molecule has 162 valence electrons. The highest BCUT2D eigenvalue weighted by Crippen LogP contribution is 2.33. The second kappa shape index (κ2) is 8.28. The summed E-state index contributed by atoms with van der Waals surface area (Å²) in [6, 6.07) is 17.0. The topological polar surface area (TPSA) is 127 Å². The number of carbonyl (C=O) groups is 3. The van der Waals surface area contributed by atoms with E-state index < -0.39 is 22.5 Å². The lowest BCUT2D eigenvalue weighted by molar-refractivity contribution is 0.0805. The summed E-state index contributed by atoms with van der Waals surface area (Å²) in [6.45, 7) is 0. The normalized spacial score (nSPS) is 13.0. The first-order valence-electron chi connectivity index (χ1n) is 9.27. The zero-order valence-electron chi connectivity index (χ0n) is 16.7. The molecule has 0 aliphatic rings. The Hall–Kier alpha value is -3.38. The van der Waals surface area contributed by atoms with Crippen LogP contribution < -0.4 is 15.8 Å². The van der Waals surface area contributed by atoms with Gasteiger partial charge >= 0.3 is 12.0 Å². The Labute approximate surface area is 194 Å². The molecule has 0 aliphatic carbocycles. The van der Waals surface area contributed by atoms with Gasteiger partial charge < -0.3 is 10.4 Å². The van der Waals surface area contributed by atoms with Gasteiger partial charge in [0.05, 0.1) is 12.4 Å². The van der Waals surface area contributed by atoms with Gasteiger partial charge in [0, 0.05) is 22.2 Å². The molecule has 9 nitrogen and oxygen atoms in total. The Bertz CT molecular complexity index is 1350. The molecule has 4 N–H and O–H groups in total. The first-order valence-corrected chi connectivity index (χ1v) is 10.9. The number of quaternary nitrogens is 1. The number of rotatable bonds is 4. The van der Waals surface area contributed by atoms with Gasteiger partial charge in [-0.3, -0.25) is 4.79 Å². The van der Waals surface area contributed by atoms with E-state index in [1.807, 2.05) is 6.07 Å². The summed E-state index contributed by atoms with van der Waals surface area (Å²) in [7, 11) is 1.54. The fourth-order valence-electron chi connectivity index (χ4n) is 3.10. The second-order valence-electron chi connectivity index (χ2n) is 7.05. The molecule has 4 rings (SSSR count). The molecule has 0 aliphatic heterocycles. The molecule has 0 bridgehead atoms. The van der Waals surface area contributed by atoms with E-state index in [0.717, 1.165) is 20.5 Å². The van der Waals surface area contributed by atoms with Crippen molar-refractivity contribution in [3.05, 3.63) is 75.6 Å². The van der Waals surface area contributed by atoms with Crippen LogP contribution in [0.25, 0.3) is 10.2 Å². The number of carboxylic acid groups (broad SMARTS) is 1. The van der Waals surface area contributed by atoms with Gasteiger partial charge in [0.2, 0.25) is 0 Å². The van der Waals surface area contributed by atoms with Gasteiger partial charge in [-0.2, -0.15) is 15.1 Å². The van der Waals surface area contributed by atoms with Crippen LogP contribution in [0.1, 0.15) is 20.0 Å². The number of benzene rings is 2. The number of thiophene rings is 1. The Morgan fingerprint density at radius 1 is 1.12 bits per heavy atom. The van der Waals surface area contributed by atoms with Crippen molar-refractivity contribution in [1.82, 2.24) is 14.4 Å². The molecule has 2 aromatic heterocycles. The van der Waals surface area contributed by atoms with Crippen LogP contribution in [0.5, 0.6) is 0 Å². The number of para-hydroxylation sites is 1. The monoisotopic (exact) mass is 514 g/mol. The first kappa shape index (κ1) is 21.8. The lowest BCUT2D eigenvalue weighted by atomic mass is 10.2. The zero-order chi connectivity index (χ0) is 23.0. The van der Waals surface area contributed by atoms with E-state index in [0.29, 0.717) is 16.6 Å². The molecule has 0 spiro atoms. The van der Waals surface area contributed by atoms with Crippen molar-refractivity contribution in [3.8, 4) is 0 Å². The fraction of sp³-hybridized carbons (Fsp3) is 0.0476. The van der Waals surface area contributed by atoms with E-state index in [-0.39, 0.29) is 15.5 Å². The smallest absolute Gasteiger partial charge is 0.433 e. The molecule has 2 heterocycles. The van der Waals surface area contributed by atoms with Gasteiger partial charge in [0.25, 0.3) is 5.91 Å². The van der Waals surface area contributed by atoms with Gasteiger partial charge in [-0.05, 0) is 30.3 Å². The molecule has 1 unspecified atom stereocenters. The van der Waals surface area contributed by atoms with Crippen LogP contribution in [0, 0.1) is 0 Å². The van der Waals surface area contributed by atoms with Crippen LogP contribution in [-0.2, 0) is 0 Å². The maximum Gasteiger partial charge on any atom is 0.433 e. The predicted molar refractivity (Wildman–Crippen MR) is 126 cm³/mol. The van der Waals surface area contributed by atoms with Crippen molar-refractivity contribution < 1.29 is 19.5 Å². The number of nitrogens with zero attached hydrogens (tertiary/aromatic N) is 3. The Kier molecular flexibility index (Phi) is 5.65. The summed E-state index contributed by atoms with van der Waals surface area (Å²) < 4.78 is 0.997. The molecular weight excluding hydrogens is 498 g/mol. The SMILES string of the molecule is C[N+](N)(C(=O)c1cc2c(NC(=O)c3ccc(Br)cc3)nn(C(=O)O)c2s1)c1ccccc1. The average molecular weight is 515 g/mol. The summed E-state index contributed by atoms with van der Waals surface area (Å²) in [5.41, 5.74) is 0.937. The number of nitrogens with two attached hydrogens (primary N) is 1. The fourth-order valence-corrected chi connectivity index (χ4v) is 4.50. The highest BCUT2D eigenvalue weighted by Gasteiger charge is 2.35. The van der Waals surface area contributed by atoms with Gasteiger partial charge in [-0.1, -0.05) is 34.1 Å². The molecule has 0 saturated carbocycles. The third-order valence-electron chi connectivity index (χ3n) is 4.80. The number of fused-ring (bicyclic) bond motifs is 1. The van der Waals surface area contributed by atoms with Crippen LogP contribution in [0.4, 0.5) is 16.3 Å². The Morgan fingerprint density at radius 3 is 2.41 bits per heavy atom. The van der Waals surface area contributed by atoms with E-state index in [4.69, 9.17) is 5.84 Å². The molecule has 32 heavy (non-hydrogen) atoms. The summed E-state index contributed by atoms with van der Waals surface area (Å²) in [6.07, 6.45) is -1.34. The number of nitrogens with one attached hydrogen (secondary N) is 1. The summed E-state index contributed by atoms with van der Waals surface area (Å²) in [5, 5.41) is 16.5. The predicted octanol–water partition coefficient (Wildman–Crippen LogP) is 4.29. The van der Waals surface area contributed by atoms with E-state index in [1.165, 1.54) is 6.07 Å². The molecule has 11 heteroatoms. The van der Waals surface area contributed by atoms with Gasteiger partial charge in [-0.15, -0.1) is 16.4 Å². The molecular formula is C21H17BrN5O4S+. The third-order valence-corrected chi connectivity index (χ3v) is 6.43. The summed E-state index contributed by atoms with van der Waals surface area (Å²) in [5.74, 6) is 5.44. The van der Waals surface area contributed by atoms with E-state index >= 15 is 0 Å². The minimum Gasteiger partial charge on any atom is -0.463 e. The molecule has 0 radical (unpaired) electrons. The Morgan fingerprint density at radius 2 is 1.78 bits per heavy atom. The van der Waals surface area contributed by atoms with Crippen LogP contribution in [0.15, 0.2) is 65.1 Å². The molecule has 4 aromatic rings. The number of halogens is 1. The quantitative estimate of drug-likeness (QED) is 0.161. The number of hydrogen-bond acceptors (Lipinski definition) is 6. The van der Waals surface area contributed by atoms with Crippen LogP contribution in [0.3, 0.4) is 0 Å². The average Bonchev–Trinajstić information content (AvgIpc) is 3.34. The third kappa shape index (κ3) is 3.94. The highest BCUT2D eigenvalue weighted by molar-refractivity contribution is 9.10. The van der Waals surface area contributed by atoms with Crippen molar-refractivity contribution in [2.24, 2.45) is 5.84 Å². The van der Waals surface area contributed by atoms with Gasteiger partial charge in [0.1, 0.15) is 9.71 Å². The highest BCUT2D eigenvalue weighted by atomic mass is 79.9. The lowest BCUT2D eigenvalue weighted by Crippen LogP contribution is -2.56. The van der Waals surface area contributed by atoms with Crippen molar-refractivity contribution in [1.29, 1.82) is 0 Å². The zero-order valence-corrected chi connectivity index (χ0v) is 19.1. The van der Waals surface area contributed by atoms with E-state index in [9.17, 15) is 19.5 Å². The van der Waals surface area contributed by atoms with Crippen molar-refractivity contribution in [2.45, 2.75) is 0 Å². The number of amides is 2. The number of hydrogen-bond donors (Lipinski definition) is 3. The lowest BCUT2D eigenvalue weighted by Gasteiger charge is -2.23. The maximum atomic E-state index is 13.2. The molecule has 1 atom stereocenters. The number of carbonyl (C=O) groups excluding carboxylic acids is 2. The first-order chi connectivity index (χ1) is 15.2.